The lowest BCUT2D eigenvalue weighted by Gasteiger charge is -2.37. The van der Waals surface area contributed by atoms with Crippen molar-refractivity contribution in [1.82, 2.24) is 0 Å². The van der Waals surface area contributed by atoms with Gasteiger partial charge in [0.05, 0.1) is 32.6 Å². The van der Waals surface area contributed by atoms with Gasteiger partial charge in [0.15, 0.2) is 11.5 Å². The summed E-state index contributed by atoms with van der Waals surface area (Å²) in [5.41, 5.74) is 3.59. The molecule has 2 unspecified atom stereocenters. The summed E-state index contributed by atoms with van der Waals surface area (Å²) in [6.07, 6.45) is 5.08. The van der Waals surface area contributed by atoms with E-state index >= 15 is 0 Å². The van der Waals surface area contributed by atoms with E-state index in [1.165, 1.54) is 12.8 Å². The number of benzene rings is 2. The maximum atomic E-state index is 12.9. The van der Waals surface area contributed by atoms with Crippen LogP contribution in [0.4, 0.5) is 5.69 Å². The number of fused-ring (bicyclic) bond motifs is 2. The van der Waals surface area contributed by atoms with Gasteiger partial charge in [-0.05, 0) is 42.5 Å². The lowest BCUT2D eigenvalue weighted by molar-refractivity contribution is -0.281. The van der Waals surface area contributed by atoms with Crippen molar-refractivity contribution >= 4 is 11.6 Å². The first-order valence-corrected chi connectivity index (χ1v) is 10.6. The molecule has 1 amide bonds. The molecular formula is C24H27NO5. The molecule has 6 nitrogen and oxygen atoms in total. The van der Waals surface area contributed by atoms with Crippen LogP contribution in [0.15, 0.2) is 36.4 Å². The highest BCUT2D eigenvalue weighted by Gasteiger charge is 2.53. The molecule has 6 heteroatoms. The number of hydrogen-bond acceptors (Lipinski definition) is 5. The highest BCUT2D eigenvalue weighted by atomic mass is 16.7. The monoisotopic (exact) mass is 409 g/mol. The van der Waals surface area contributed by atoms with E-state index in [0.29, 0.717) is 18.8 Å². The van der Waals surface area contributed by atoms with Gasteiger partial charge in [-0.2, -0.15) is 0 Å². The molecule has 3 aliphatic rings. The number of hydrogen-bond donors (Lipinski definition) is 1. The van der Waals surface area contributed by atoms with E-state index in [1.807, 2.05) is 36.4 Å². The van der Waals surface area contributed by atoms with Crippen LogP contribution in [0.5, 0.6) is 11.5 Å². The van der Waals surface area contributed by atoms with Gasteiger partial charge in [0.1, 0.15) is 0 Å². The van der Waals surface area contributed by atoms with E-state index in [1.54, 1.807) is 14.2 Å². The molecule has 2 aromatic rings. The van der Waals surface area contributed by atoms with Gasteiger partial charge >= 0.3 is 0 Å². The predicted molar refractivity (Wildman–Crippen MR) is 112 cm³/mol. The van der Waals surface area contributed by atoms with Crippen LogP contribution in [0, 0.1) is 5.92 Å². The number of methoxy groups -OCH3 is 2. The van der Waals surface area contributed by atoms with Gasteiger partial charge in [-0.3, -0.25) is 4.79 Å². The number of para-hydroxylation sites is 1. The number of amides is 1. The Morgan fingerprint density at radius 3 is 2.77 bits per heavy atom. The Kier molecular flexibility index (Phi) is 4.91. The van der Waals surface area contributed by atoms with Crippen molar-refractivity contribution in [2.75, 3.05) is 26.1 Å². The third-order valence-corrected chi connectivity index (χ3v) is 6.24. The molecular weight excluding hydrogens is 382 g/mol. The standard InChI is InChI=1S/C24H27NO5/c1-27-21-5-3-4-17(22(21)28-2)12-16-8-9-20-19(14-16)24(23(26)25-20)29-11-10-18(30-24)13-15-6-7-15/h3-5,8-9,14-15,18H,6-7,10-13H2,1-2H3,(H,25,26). The molecule has 1 spiro atoms. The van der Waals surface area contributed by atoms with Crippen LogP contribution in [0.3, 0.4) is 0 Å². The first-order valence-electron chi connectivity index (χ1n) is 10.6. The molecule has 1 aliphatic carbocycles. The third-order valence-electron chi connectivity index (χ3n) is 6.24. The smallest absolute Gasteiger partial charge is 0.289 e. The van der Waals surface area contributed by atoms with Crippen molar-refractivity contribution in [3.63, 3.8) is 0 Å². The van der Waals surface area contributed by atoms with E-state index in [-0.39, 0.29) is 12.0 Å². The van der Waals surface area contributed by atoms with E-state index in [9.17, 15) is 4.79 Å². The van der Waals surface area contributed by atoms with Crippen molar-refractivity contribution in [1.29, 1.82) is 0 Å². The van der Waals surface area contributed by atoms with Crippen LogP contribution in [-0.4, -0.2) is 32.8 Å². The third kappa shape index (κ3) is 3.34. The molecule has 2 aliphatic heterocycles. The van der Waals surface area contributed by atoms with Crippen LogP contribution in [0.2, 0.25) is 0 Å². The number of anilines is 1. The van der Waals surface area contributed by atoms with E-state index in [4.69, 9.17) is 18.9 Å². The summed E-state index contributed by atoms with van der Waals surface area (Å²) in [5.74, 6) is 0.599. The molecule has 2 aromatic carbocycles. The molecule has 1 N–H and O–H groups in total. The van der Waals surface area contributed by atoms with Gasteiger partial charge in [-0.1, -0.05) is 31.0 Å². The summed E-state index contributed by atoms with van der Waals surface area (Å²) in [5, 5.41) is 2.95. The minimum atomic E-state index is -1.33. The fourth-order valence-corrected chi connectivity index (χ4v) is 4.54. The van der Waals surface area contributed by atoms with Gasteiger partial charge in [0.25, 0.3) is 11.7 Å². The van der Waals surface area contributed by atoms with Crippen LogP contribution in [0.1, 0.15) is 42.4 Å². The van der Waals surface area contributed by atoms with Crippen LogP contribution in [-0.2, 0) is 26.5 Å². The highest BCUT2D eigenvalue weighted by Crippen LogP contribution is 2.46. The molecule has 0 bridgehead atoms. The fourth-order valence-electron chi connectivity index (χ4n) is 4.54. The molecule has 2 fully saturated rings. The normalized spacial score (nSPS) is 25.1. The summed E-state index contributed by atoms with van der Waals surface area (Å²) in [6, 6.07) is 11.8. The molecule has 158 valence electrons. The van der Waals surface area contributed by atoms with Crippen molar-refractivity contribution in [3.8, 4) is 11.5 Å². The second kappa shape index (κ2) is 7.60. The second-order valence-electron chi connectivity index (χ2n) is 8.34. The number of ether oxygens (including phenoxy) is 4. The molecule has 0 radical (unpaired) electrons. The zero-order valence-electron chi connectivity index (χ0n) is 17.4. The molecule has 5 rings (SSSR count). The van der Waals surface area contributed by atoms with Crippen molar-refractivity contribution < 1.29 is 23.7 Å². The molecule has 1 saturated carbocycles. The van der Waals surface area contributed by atoms with E-state index in [2.05, 4.69) is 5.32 Å². The predicted octanol–water partition coefficient (Wildman–Crippen LogP) is 4.01. The maximum Gasteiger partial charge on any atom is 0.289 e. The molecule has 2 heterocycles. The SMILES string of the molecule is COc1cccc(Cc2ccc3c(c2)C2(OCCC(CC4CC4)O2)C(=O)N3)c1OC. The fraction of sp³-hybridized carbons (Fsp3) is 0.458. The van der Waals surface area contributed by atoms with Gasteiger partial charge in [-0.15, -0.1) is 0 Å². The summed E-state index contributed by atoms with van der Waals surface area (Å²) in [7, 11) is 3.28. The minimum Gasteiger partial charge on any atom is -0.493 e. The summed E-state index contributed by atoms with van der Waals surface area (Å²) >= 11 is 0. The quantitative estimate of drug-likeness (QED) is 0.781. The zero-order chi connectivity index (χ0) is 20.7. The Labute approximate surface area is 176 Å². The summed E-state index contributed by atoms with van der Waals surface area (Å²) in [6.45, 7) is 0.526. The average molecular weight is 409 g/mol. The van der Waals surface area contributed by atoms with E-state index in [0.717, 1.165) is 46.9 Å². The highest BCUT2D eigenvalue weighted by molar-refractivity contribution is 6.04. The van der Waals surface area contributed by atoms with Crippen molar-refractivity contribution in [2.24, 2.45) is 5.92 Å². The van der Waals surface area contributed by atoms with Gasteiger partial charge in [-0.25, -0.2) is 0 Å². The maximum absolute atomic E-state index is 12.9. The Bertz CT molecular complexity index is 970. The largest absolute Gasteiger partial charge is 0.493 e. The van der Waals surface area contributed by atoms with Gasteiger partial charge < -0.3 is 24.3 Å². The summed E-state index contributed by atoms with van der Waals surface area (Å²) in [4.78, 5) is 12.9. The van der Waals surface area contributed by atoms with Gasteiger partial charge in [0.2, 0.25) is 0 Å². The molecule has 2 atom stereocenters. The average Bonchev–Trinajstić information content (AvgIpc) is 3.54. The first kappa shape index (κ1) is 19.4. The van der Waals surface area contributed by atoms with Crippen molar-refractivity contribution in [2.45, 2.75) is 44.0 Å². The first-order chi connectivity index (χ1) is 14.6. The second-order valence-corrected chi connectivity index (χ2v) is 8.34. The lowest BCUT2D eigenvalue weighted by atomic mass is 9.97. The van der Waals surface area contributed by atoms with Crippen LogP contribution in [0.25, 0.3) is 0 Å². The van der Waals surface area contributed by atoms with Gasteiger partial charge in [0, 0.05) is 17.5 Å². The summed E-state index contributed by atoms with van der Waals surface area (Å²) < 4.78 is 23.3. The van der Waals surface area contributed by atoms with Crippen molar-refractivity contribution in [3.05, 3.63) is 53.1 Å². The Morgan fingerprint density at radius 2 is 2.00 bits per heavy atom. The minimum absolute atomic E-state index is 0.0603. The Balaban J connectivity index is 1.45. The molecule has 30 heavy (non-hydrogen) atoms. The molecule has 0 aromatic heterocycles. The number of rotatable bonds is 6. The number of nitrogens with one attached hydrogen (secondary N) is 1. The Hall–Kier alpha value is -2.57. The zero-order valence-corrected chi connectivity index (χ0v) is 17.4. The van der Waals surface area contributed by atoms with Crippen LogP contribution >= 0.6 is 0 Å². The van der Waals surface area contributed by atoms with Crippen LogP contribution < -0.4 is 14.8 Å². The van der Waals surface area contributed by atoms with E-state index < -0.39 is 5.79 Å². The number of carbonyl (C=O) groups excluding carboxylic acids is 1. The Morgan fingerprint density at radius 1 is 1.13 bits per heavy atom. The molecule has 1 saturated heterocycles. The topological polar surface area (TPSA) is 66.0 Å². The lowest BCUT2D eigenvalue weighted by Crippen LogP contribution is -2.47. The number of carbonyl (C=O) groups is 1.